The molecule has 0 saturated heterocycles. The van der Waals surface area contributed by atoms with E-state index in [1.54, 1.807) is 41.4 Å². The number of nitrogens with one attached hydrogen (secondary N) is 1. The first-order chi connectivity index (χ1) is 17.4. The number of aliphatic imine (C=N–C) groups is 1. The minimum Gasteiger partial charge on any atom is -0.326 e. The van der Waals surface area contributed by atoms with Crippen LogP contribution in [0.4, 0.5) is 10.1 Å². The van der Waals surface area contributed by atoms with Crippen LogP contribution in [-0.2, 0) is 9.59 Å². The Morgan fingerprint density at radius 2 is 1.78 bits per heavy atom. The van der Waals surface area contributed by atoms with E-state index >= 15 is 0 Å². The summed E-state index contributed by atoms with van der Waals surface area (Å²) in [7, 11) is 0. The van der Waals surface area contributed by atoms with Gasteiger partial charge in [0.2, 0.25) is 5.91 Å². The lowest BCUT2D eigenvalue weighted by Crippen LogP contribution is -2.25. The third kappa shape index (κ3) is 5.34. The summed E-state index contributed by atoms with van der Waals surface area (Å²) in [5.41, 5.74) is 4.36. The Morgan fingerprint density at radius 3 is 2.47 bits per heavy atom. The van der Waals surface area contributed by atoms with Gasteiger partial charge in [0.25, 0.3) is 5.91 Å². The van der Waals surface area contributed by atoms with Crippen molar-refractivity contribution in [1.29, 1.82) is 0 Å². The summed E-state index contributed by atoms with van der Waals surface area (Å²) in [6.45, 7) is 2.02. The van der Waals surface area contributed by atoms with Gasteiger partial charge >= 0.3 is 0 Å². The molecule has 2 aliphatic rings. The molecular formula is C27H22ClFN4O2S. The Hall–Kier alpha value is -3.49. The number of hydrogen-bond acceptors (Lipinski definition) is 5. The standard InChI is InChI=1S/C27H22ClFN4O2S/c1-16-2-4-18(5-3-16)23-14-22(17-6-10-20(29)11-7-17)32-33(23)27-31-26(35)24(36-27)15-25(34)30-21-12-8-19(28)9-13-21/h2-13,23-24H,14-15H2,1H3,(H,30,34)/t23-,24-/m1/s1. The van der Waals surface area contributed by atoms with Gasteiger partial charge in [-0.25, -0.2) is 9.40 Å². The third-order valence-corrected chi connectivity index (χ3v) is 7.37. The highest BCUT2D eigenvalue weighted by Gasteiger charge is 2.39. The number of amides is 2. The van der Waals surface area contributed by atoms with Crippen LogP contribution in [-0.4, -0.2) is 33.0 Å². The highest BCUT2D eigenvalue weighted by atomic mass is 35.5. The van der Waals surface area contributed by atoms with E-state index in [0.29, 0.717) is 22.3 Å². The molecule has 0 fully saturated rings. The van der Waals surface area contributed by atoms with Gasteiger partial charge in [0.1, 0.15) is 11.1 Å². The lowest BCUT2D eigenvalue weighted by molar-refractivity contribution is -0.121. The molecule has 2 atom stereocenters. The minimum atomic E-state index is -0.643. The van der Waals surface area contributed by atoms with Crippen molar-refractivity contribution in [3.05, 3.63) is 100 Å². The van der Waals surface area contributed by atoms with Gasteiger partial charge in [0.05, 0.1) is 11.8 Å². The number of benzene rings is 3. The average Bonchev–Trinajstić information content (AvgIpc) is 3.45. The number of hydrogen-bond donors (Lipinski definition) is 1. The van der Waals surface area contributed by atoms with E-state index in [2.05, 4.69) is 10.3 Å². The molecule has 0 aromatic heterocycles. The normalized spacial score (nSPS) is 19.3. The second-order valence-electron chi connectivity index (χ2n) is 8.63. The van der Waals surface area contributed by atoms with Crippen LogP contribution in [0.3, 0.4) is 0 Å². The highest BCUT2D eigenvalue weighted by molar-refractivity contribution is 8.15. The SMILES string of the molecule is Cc1ccc([C@H]2CC(c3ccc(F)cc3)=NN2C2=NC(=O)[C@@H](CC(=O)Nc3ccc(Cl)cc3)S2)cc1. The van der Waals surface area contributed by atoms with E-state index in [4.69, 9.17) is 16.7 Å². The van der Waals surface area contributed by atoms with E-state index in [0.717, 1.165) is 22.4 Å². The predicted molar refractivity (Wildman–Crippen MR) is 142 cm³/mol. The molecule has 182 valence electrons. The van der Waals surface area contributed by atoms with Crippen LogP contribution in [0.1, 0.15) is 35.6 Å². The number of aryl methyl sites for hydroxylation is 1. The van der Waals surface area contributed by atoms with Gasteiger partial charge in [-0.05, 0) is 54.4 Å². The fourth-order valence-electron chi connectivity index (χ4n) is 4.07. The summed E-state index contributed by atoms with van der Waals surface area (Å²) in [6.07, 6.45) is 0.556. The van der Waals surface area contributed by atoms with Crippen molar-refractivity contribution >= 4 is 51.7 Å². The Balaban J connectivity index is 1.35. The molecular weight excluding hydrogens is 499 g/mol. The largest absolute Gasteiger partial charge is 0.326 e. The number of hydrazone groups is 1. The molecule has 0 unspecified atom stereocenters. The zero-order chi connectivity index (χ0) is 25.2. The maximum absolute atomic E-state index is 13.5. The van der Waals surface area contributed by atoms with E-state index in [1.807, 2.05) is 31.2 Å². The van der Waals surface area contributed by atoms with E-state index in [-0.39, 0.29) is 30.1 Å². The molecule has 1 N–H and O–H groups in total. The quantitative estimate of drug-likeness (QED) is 0.450. The second kappa shape index (κ2) is 10.2. The average molecular weight is 521 g/mol. The van der Waals surface area contributed by atoms with Crippen LogP contribution in [0.15, 0.2) is 82.9 Å². The Bertz CT molecular complexity index is 1360. The first-order valence-corrected chi connectivity index (χ1v) is 12.7. The molecule has 2 aliphatic heterocycles. The van der Waals surface area contributed by atoms with Gasteiger partial charge in [-0.3, -0.25) is 9.59 Å². The van der Waals surface area contributed by atoms with Gasteiger partial charge in [0, 0.05) is 23.6 Å². The third-order valence-electron chi connectivity index (χ3n) is 5.97. The summed E-state index contributed by atoms with van der Waals surface area (Å²) >= 11 is 7.13. The van der Waals surface area contributed by atoms with Crippen LogP contribution in [0.2, 0.25) is 5.02 Å². The van der Waals surface area contributed by atoms with Crippen LogP contribution < -0.4 is 5.32 Å². The van der Waals surface area contributed by atoms with Gasteiger partial charge < -0.3 is 5.32 Å². The summed E-state index contributed by atoms with van der Waals surface area (Å²) in [5, 5.41) is 9.71. The maximum atomic E-state index is 13.5. The molecule has 36 heavy (non-hydrogen) atoms. The Kier molecular flexibility index (Phi) is 6.89. The monoisotopic (exact) mass is 520 g/mol. The number of carbonyl (C=O) groups is 2. The molecule has 9 heteroatoms. The summed E-state index contributed by atoms with van der Waals surface area (Å²) in [4.78, 5) is 29.6. The summed E-state index contributed by atoms with van der Waals surface area (Å²) in [6, 6.07) is 20.9. The van der Waals surface area contributed by atoms with Crippen molar-refractivity contribution in [3.8, 4) is 0 Å². The predicted octanol–water partition coefficient (Wildman–Crippen LogP) is 5.97. The Morgan fingerprint density at radius 1 is 1.08 bits per heavy atom. The number of rotatable bonds is 5. The minimum absolute atomic E-state index is 0.0172. The Labute approximate surface area is 217 Å². The topological polar surface area (TPSA) is 74.1 Å². The lowest BCUT2D eigenvalue weighted by atomic mass is 9.98. The van der Waals surface area contributed by atoms with Gasteiger partial charge in [-0.1, -0.05) is 65.3 Å². The van der Waals surface area contributed by atoms with Gasteiger partial charge in [-0.15, -0.1) is 0 Å². The van der Waals surface area contributed by atoms with Crippen molar-refractivity contribution < 1.29 is 14.0 Å². The van der Waals surface area contributed by atoms with Gasteiger partial charge in [0.15, 0.2) is 5.17 Å². The molecule has 2 heterocycles. The first-order valence-electron chi connectivity index (χ1n) is 11.4. The van der Waals surface area contributed by atoms with E-state index < -0.39 is 5.25 Å². The van der Waals surface area contributed by atoms with Gasteiger partial charge in [-0.2, -0.15) is 10.1 Å². The fourth-order valence-corrected chi connectivity index (χ4v) is 5.26. The number of carbonyl (C=O) groups excluding carboxylic acids is 2. The number of halogens is 2. The maximum Gasteiger partial charge on any atom is 0.262 e. The molecule has 0 saturated carbocycles. The molecule has 2 amide bonds. The van der Waals surface area contributed by atoms with Crippen LogP contribution in [0.25, 0.3) is 0 Å². The van der Waals surface area contributed by atoms with Crippen LogP contribution in [0, 0.1) is 12.7 Å². The van der Waals surface area contributed by atoms with Crippen molar-refractivity contribution in [2.24, 2.45) is 10.1 Å². The van der Waals surface area contributed by atoms with Crippen molar-refractivity contribution in [1.82, 2.24) is 5.01 Å². The second-order valence-corrected chi connectivity index (χ2v) is 10.2. The molecule has 6 nitrogen and oxygen atoms in total. The molecule has 3 aromatic rings. The molecule has 0 bridgehead atoms. The fraction of sp³-hybridized carbons (Fsp3) is 0.185. The zero-order valence-corrected chi connectivity index (χ0v) is 20.9. The number of nitrogens with zero attached hydrogens (tertiary/aromatic N) is 3. The summed E-state index contributed by atoms with van der Waals surface area (Å²) in [5.74, 6) is -0.966. The van der Waals surface area contributed by atoms with E-state index in [1.165, 1.54) is 23.9 Å². The van der Waals surface area contributed by atoms with E-state index in [9.17, 15) is 14.0 Å². The lowest BCUT2D eigenvalue weighted by Gasteiger charge is -2.23. The highest BCUT2D eigenvalue weighted by Crippen LogP contribution is 2.38. The summed E-state index contributed by atoms with van der Waals surface area (Å²) < 4.78 is 13.5. The number of amidine groups is 1. The number of anilines is 1. The smallest absolute Gasteiger partial charge is 0.262 e. The molecule has 5 rings (SSSR count). The zero-order valence-electron chi connectivity index (χ0n) is 19.3. The van der Waals surface area contributed by atoms with Crippen molar-refractivity contribution in [2.75, 3.05) is 5.32 Å². The van der Waals surface area contributed by atoms with Crippen molar-refractivity contribution in [3.63, 3.8) is 0 Å². The first kappa shape index (κ1) is 24.2. The van der Waals surface area contributed by atoms with Crippen molar-refractivity contribution in [2.45, 2.75) is 31.1 Å². The molecule has 0 spiro atoms. The molecule has 0 radical (unpaired) electrons. The molecule has 0 aliphatic carbocycles. The molecule has 3 aromatic carbocycles. The van der Waals surface area contributed by atoms with Crippen LogP contribution >= 0.6 is 23.4 Å². The van der Waals surface area contributed by atoms with Crippen LogP contribution in [0.5, 0.6) is 0 Å². The number of thioether (sulfide) groups is 1.